The summed E-state index contributed by atoms with van der Waals surface area (Å²) in [6.45, 7) is 2.87. The average Bonchev–Trinajstić information content (AvgIpc) is 2.78. The van der Waals surface area contributed by atoms with Crippen molar-refractivity contribution in [3.05, 3.63) is 48.8 Å². The lowest BCUT2D eigenvalue weighted by Gasteiger charge is -2.37. The molecule has 8 nitrogen and oxygen atoms in total. The van der Waals surface area contributed by atoms with E-state index in [1.807, 2.05) is 41.3 Å². The topological polar surface area (TPSA) is 80.7 Å². The molecule has 28 heavy (non-hydrogen) atoms. The van der Waals surface area contributed by atoms with E-state index >= 15 is 0 Å². The van der Waals surface area contributed by atoms with Gasteiger partial charge in [-0.25, -0.2) is 9.97 Å². The van der Waals surface area contributed by atoms with E-state index in [9.17, 15) is 4.79 Å². The molecule has 1 fully saturated rings. The Balaban J connectivity index is 1.23. The summed E-state index contributed by atoms with van der Waals surface area (Å²) in [5.41, 5.74) is 1.40. The molecule has 0 radical (unpaired) electrons. The first-order chi connectivity index (χ1) is 13.8. The summed E-state index contributed by atoms with van der Waals surface area (Å²) in [6.07, 6.45) is 2.69. The van der Waals surface area contributed by atoms with Gasteiger partial charge in [-0.1, -0.05) is 12.1 Å². The van der Waals surface area contributed by atoms with Crippen LogP contribution in [0.5, 0.6) is 11.5 Å². The van der Waals surface area contributed by atoms with Crippen LogP contribution in [0, 0.1) is 0 Å². The lowest BCUT2D eigenvalue weighted by Crippen LogP contribution is -2.54. The molecular weight excluding hydrogens is 358 g/mol. The standard InChI is InChI=1S/C20H19N5O3/c26-20(17-13-27-15-3-1-2-4-16(15)28-17)25-11-9-24(10-12-25)18-6-5-14-19(23-18)22-8-7-21-14/h1-8,17H,9-13H2/t17-/m1/s1. The van der Waals surface area contributed by atoms with Crippen molar-refractivity contribution in [1.29, 1.82) is 0 Å². The number of hydrogen-bond donors (Lipinski definition) is 0. The lowest BCUT2D eigenvalue weighted by atomic mass is 10.2. The van der Waals surface area contributed by atoms with Crippen molar-refractivity contribution in [1.82, 2.24) is 19.9 Å². The van der Waals surface area contributed by atoms with Crippen LogP contribution in [0.2, 0.25) is 0 Å². The maximum absolute atomic E-state index is 12.8. The van der Waals surface area contributed by atoms with E-state index in [2.05, 4.69) is 19.9 Å². The highest BCUT2D eigenvalue weighted by Gasteiger charge is 2.32. The first kappa shape index (κ1) is 16.7. The molecule has 1 saturated heterocycles. The molecule has 2 aromatic heterocycles. The average molecular weight is 377 g/mol. The predicted molar refractivity (Wildman–Crippen MR) is 102 cm³/mol. The molecule has 4 heterocycles. The number of piperazine rings is 1. The molecular formula is C20H19N5O3. The molecule has 0 N–H and O–H groups in total. The summed E-state index contributed by atoms with van der Waals surface area (Å²) in [5, 5.41) is 0. The van der Waals surface area contributed by atoms with Gasteiger partial charge in [0.15, 0.2) is 17.1 Å². The molecule has 2 aliphatic rings. The first-order valence-corrected chi connectivity index (χ1v) is 9.28. The smallest absolute Gasteiger partial charge is 0.267 e. The van der Waals surface area contributed by atoms with Crippen LogP contribution in [0.4, 0.5) is 5.82 Å². The number of ether oxygens (including phenoxy) is 2. The number of nitrogens with zero attached hydrogens (tertiary/aromatic N) is 5. The highest BCUT2D eigenvalue weighted by molar-refractivity contribution is 5.82. The zero-order chi connectivity index (χ0) is 18.9. The Kier molecular flexibility index (Phi) is 4.16. The quantitative estimate of drug-likeness (QED) is 0.670. The minimum Gasteiger partial charge on any atom is -0.485 e. The van der Waals surface area contributed by atoms with Gasteiger partial charge in [-0.05, 0) is 24.3 Å². The van der Waals surface area contributed by atoms with Gasteiger partial charge < -0.3 is 19.3 Å². The summed E-state index contributed by atoms with van der Waals surface area (Å²) in [6, 6.07) is 11.3. The van der Waals surface area contributed by atoms with Crippen LogP contribution < -0.4 is 14.4 Å². The van der Waals surface area contributed by atoms with E-state index in [-0.39, 0.29) is 12.5 Å². The Bertz CT molecular complexity index is 1020. The number of carbonyl (C=O) groups is 1. The highest BCUT2D eigenvalue weighted by atomic mass is 16.6. The Morgan fingerprint density at radius 2 is 1.75 bits per heavy atom. The number of carbonyl (C=O) groups excluding carboxylic acids is 1. The van der Waals surface area contributed by atoms with Crippen molar-refractivity contribution in [2.75, 3.05) is 37.7 Å². The molecule has 1 aromatic carbocycles. The van der Waals surface area contributed by atoms with Crippen molar-refractivity contribution < 1.29 is 14.3 Å². The molecule has 3 aromatic rings. The molecule has 2 aliphatic heterocycles. The second kappa shape index (κ2) is 6.95. The van der Waals surface area contributed by atoms with Gasteiger partial charge in [-0.15, -0.1) is 0 Å². The predicted octanol–water partition coefficient (Wildman–Crippen LogP) is 1.51. The minimum absolute atomic E-state index is 0.0357. The highest BCUT2D eigenvalue weighted by Crippen LogP contribution is 2.31. The van der Waals surface area contributed by atoms with Crippen LogP contribution in [0.15, 0.2) is 48.8 Å². The lowest BCUT2D eigenvalue weighted by molar-refractivity contribution is -0.141. The molecule has 142 valence electrons. The van der Waals surface area contributed by atoms with Gasteiger partial charge in [0.2, 0.25) is 6.10 Å². The van der Waals surface area contributed by atoms with Gasteiger partial charge >= 0.3 is 0 Å². The fourth-order valence-electron chi connectivity index (χ4n) is 3.52. The number of hydrogen-bond acceptors (Lipinski definition) is 7. The maximum atomic E-state index is 12.8. The molecule has 0 spiro atoms. The Morgan fingerprint density at radius 3 is 2.61 bits per heavy atom. The number of aromatic nitrogens is 3. The number of rotatable bonds is 2. The maximum Gasteiger partial charge on any atom is 0.267 e. The fourth-order valence-corrected chi connectivity index (χ4v) is 3.52. The first-order valence-electron chi connectivity index (χ1n) is 9.28. The molecule has 0 bridgehead atoms. The zero-order valence-electron chi connectivity index (χ0n) is 15.2. The fraction of sp³-hybridized carbons (Fsp3) is 0.300. The van der Waals surface area contributed by atoms with Crippen LogP contribution >= 0.6 is 0 Å². The van der Waals surface area contributed by atoms with Gasteiger partial charge in [0.1, 0.15) is 17.9 Å². The third kappa shape index (κ3) is 3.06. The van der Waals surface area contributed by atoms with Crippen LogP contribution in [-0.2, 0) is 4.79 Å². The Morgan fingerprint density at radius 1 is 0.964 bits per heavy atom. The van der Waals surface area contributed by atoms with E-state index in [0.29, 0.717) is 43.3 Å². The Labute approximate surface area is 161 Å². The van der Waals surface area contributed by atoms with E-state index < -0.39 is 6.10 Å². The summed E-state index contributed by atoms with van der Waals surface area (Å²) in [7, 11) is 0. The van der Waals surface area contributed by atoms with Crippen LogP contribution in [0.1, 0.15) is 0 Å². The SMILES string of the molecule is O=C([C@H]1COc2ccccc2O1)N1CCN(c2ccc3nccnc3n2)CC1. The summed E-state index contributed by atoms with van der Waals surface area (Å²) in [5.74, 6) is 2.12. The minimum atomic E-state index is -0.601. The second-order valence-corrected chi connectivity index (χ2v) is 6.75. The number of amides is 1. The number of para-hydroxylation sites is 2. The van der Waals surface area contributed by atoms with E-state index in [0.717, 1.165) is 11.3 Å². The summed E-state index contributed by atoms with van der Waals surface area (Å²) in [4.78, 5) is 29.9. The van der Waals surface area contributed by atoms with Gasteiger partial charge in [0, 0.05) is 38.6 Å². The summed E-state index contributed by atoms with van der Waals surface area (Å²) >= 11 is 0. The van der Waals surface area contributed by atoms with Gasteiger partial charge in [0.25, 0.3) is 5.91 Å². The number of fused-ring (bicyclic) bond motifs is 2. The van der Waals surface area contributed by atoms with E-state index in [1.165, 1.54) is 0 Å². The van der Waals surface area contributed by atoms with Crippen molar-refractivity contribution >= 4 is 22.9 Å². The van der Waals surface area contributed by atoms with Crippen LogP contribution in [-0.4, -0.2) is 64.6 Å². The van der Waals surface area contributed by atoms with Crippen molar-refractivity contribution in [2.24, 2.45) is 0 Å². The molecule has 8 heteroatoms. The number of pyridine rings is 1. The number of benzene rings is 1. The number of anilines is 1. The third-order valence-corrected chi connectivity index (χ3v) is 5.02. The van der Waals surface area contributed by atoms with Gasteiger partial charge in [-0.2, -0.15) is 0 Å². The zero-order valence-corrected chi connectivity index (χ0v) is 15.2. The van der Waals surface area contributed by atoms with Crippen LogP contribution in [0.3, 0.4) is 0 Å². The van der Waals surface area contributed by atoms with Crippen molar-refractivity contribution in [2.45, 2.75) is 6.10 Å². The molecule has 1 atom stereocenters. The van der Waals surface area contributed by atoms with Crippen molar-refractivity contribution in [3.8, 4) is 11.5 Å². The molecule has 5 rings (SSSR count). The van der Waals surface area contributed by atoms with E-state index in [1.54, 1.807) is 12.4 Å². The third-order valence-electron chi connectivity index (χ3n) is 5.02. The second-order valence-electron chi connectivity index (χ2n) is 6.75. The molecule has 0 unspecified atom stereocenters. The largest absolute Gasteiger partial charge is 0.485 e. The van der Waals surface area contributed by atoms with Crippen molar-refractivity contribution in [3.63, 3.8) is 0 Å². The molecule has 0 aliphatic carbocycles. The van der Waals surface area contributed by atoms with Gasteiger partial charge in [0.05, 0.1) is 0 Å². The van der Waals surface area contributed by atoms with Crippen LogP contribution in [0.25, 0.3) is 11.2 Å². The molecule has 1 amide bonds. The Hall–Kier alpha value is -3.42. The van der Waals surface area contributed by atoms with Gasteiger partial charge in [-0.3, -0.25) is 9.78 Å². The summed E-state index contributed by atoms with van der Waals surface area (Å²) < 4.78 is 11.5. The normalized spacial score (nSPS) is 18.9. The van der Waals surface area contributed by atoms with E-state index in [4.69, 9.17) is 9.47 Å². The molecule has 0 saturated carbocycles. The monoisotopic (exact) mass is 377 g/mol.